The molecule has 0 radical (unpaired) electrons. The van der Waals surface area contributed by atoms with Crippen LogP contribution in [0.4, 0.5) is 0 Å². The maximum absolute atomic E-state index is 11.7. The third-order valence-electron chi connectivity index (χ3n) is 4.05. The number of aromatic nitrogens is 1. The van der Waals surface area contributed by atoms with Gasteiger partial charge in [0.25, 0.3) is 0 Å². The van der Waals surface area contributed by atoms with Crippen LogP contribution in [0.3, 0.4) is 0 Å². The Kier molecular flexibility index (Phi) is 6.48. The van der Waals surface area contributed by atoms with Crippen molar-refractivity contribution in [1.29, 1.82) is 0 Å². The van der Waals surface area contributed by atoms with Crippen molar-refractivity contribution in [2.75, 3.05) is 35.0 Å². The quantitative estimate of drug-likeness (QED) is 0.623. The van der Waals surface area contributed by atoms with E-state index >= 15 is 0 Å². The van der Waals surface area contributed by atoms with Gasteiger partial charge in [0.2, 0.25) is 5.75 Å². The highest BCUT2D eigenvalue weighted by Gasteiger charge is 2.26. The molecule has 0 fully saturated rings. The fourth-order valence-electron chi connectivity index (χ4n) is 3.02. The van der Waals surface area contributed by atoms with E-state index in [1.807, 2.05) is 0 Å². The number of rotatable bonds is 9. The van der Waals surface area contributed by atoms with Crippen molar-refractivity contribution in [2.45, 2.75) is 13.0 Å². The Morgan fingerprint density at radius 3 is 2.31 bits per heavy atom. The molecule has 2 rings (SSSR count). The lowest BCUT2D eigenvalue weighted by Gasteiger charge is -2.17. The largest absolute Gasteiger partial charge is 0.493 e. The SMILES string of the molecule is COCc1c(C(=O)O)[nH]c(CCN)c1-c1ccc(OC)c(OC)c1OC. The van der Waals surface area contributed by atoms with E-state index in [-0.39, 0.29) is 12.3 Å². The van der Waals surface area contributed by atoms with E-state index in [9.17, 15) is 9.90 Å². The minimum atomic E-state index is -1.07. The van der Waals surface area contributed by atoms with E-state index in [0.29, 0.717) is 52.6 Å². The molecule has 1 heterocycles. The number of carboxylic acid groups (broad SMARTS) is 1. The monoisotopic (exact) mass is 364 g/mol. The van der Waals surface area contributed by atoms with Crippen LogP contribution in [0.1, 0.15) is 21.7 Å². The lowest BCUT2D eigenvalue weighted by molar-refractivity contribution is 0.0686. The summed E-state index contributed by atoms with van der Waals surface area (Å²) in [6.45, 7) is 0.476. The van der Waals surface area contributed by atoms with Crippen LogP contribution in [0, 0.1) is 0 Å². The molecule has 0 saturated heterocycles. The second kappa shape index (κ2) is 8.59. The highest BCUT2D eigenvalue weighted by atomic mass is 16.5. The number of hydrogen-bond acceptors (Lipinski definition) is 6. The van der Waals surface area contributed by atoms with Crippen LogP contribution < -0.4 is 19.9 Å². The summed E-state index contributed by atoms with van der Waals surface area (Å²) < 4.78 is 21.6. The van der Waals surface area contributed by atoms with E-state index in [4.69, 9.17) is 24.7 Å². The van der Waals surface area contributed by atoms with Gasteiger partial charge in [-0.05, 0) is 18.7 Å². The standard InChI is InChI=1S/C18H24N2O6/c1-23-9-11-14(12(7-8-19)20-15(11)18(21)22)10-5-6-13(24-2)17(26-4)16(10)25-3/h5-6,20H,7-9,19H2,1-4H3,(H,21,22). The first kappa shape index (κ1) is 19.6. The third-order valence-corrected chi connectivity index (χ3v) is 4.05. The molecular formula is C18H24N2O6. The highest BCUT2D eigenvalue weighted by Crippen LogP contribution is 2.46. The van der Waals surface area contributed by atoms with Gasteiger partial charge in [-0.15, -0.1) is 0 Å². The summed E-state index contributed by atoms with van der Waals surface area (Å²) in [6.07, 6.45) is 0.469. The Morgan fingerprint density at radius 2 is 1.81 bits per heavy atom. The summed E-state index contributed by atoms with van der Waals surface area (Å²) >= 11 is 0. The molecule has 1 aromatic carbocycles. The number of methoxy groups -OCH3 is 4. The van der Waals surface area contributed by atoms with Crippen molar-refractivity contribution in [3.63, 3.8) is 0 Å². The number of benzene rings is 1. The highest BCUT2D eigenvalue weighted by molar-refractivity contribution is 5.93. The zero-order valence-corrected chi connectivity index (χ0v) is 15.3. The predicted molar refractivity (Wildman–Crippen MR) is 96.3 cm³/mol. The minimum Gasteiger partial charge on any atom is -0.493 e. The topological polar surface area (TPSA) is 116 Å². The van der Waals surface area contributed by atoms with E-state index in [0.717, 1.165) is 0 Å². The summed E-state index contributed by atoms with van der Waals surface area (Å²) in [6, 6.07) is 3.54. The number of hydrogen-bond donors (Lipinski definition) is 3. The van der Waals surface area contributed by atoms with Gasteiger partial charge >= 0.3 is 5.97 Å². The number of carbonyl (C=O) groups is 1. The molecule has 8 heteroatoms. The van der Waals surface area contributed by atoms with Crippen LogP contribution in [0.2, 0.25) is 0 Å². The molecule has 0 amide bonds. The van der Waals surface area contributed by atoms with Gasteiger partial charge in [0.15, 0.2) is 11.5 Å². The first-order chi connectivity index (χ1) is 12.5. The molecule has 8 nitrogen and oxygen atoms in total. The van der Waals surface area contributed by atoms with Crippen molar-refractivity contribution >= 4 is 5.97 Å². The number of nitrogens with one attached hydrogen (secondary N) is 1. The fourth-order valence-corrected chi connectivity index (χ4v) is 3.02. The molecule has 0 bridgehead atoms. The molecule has 0 aliphatic heterocycles. The first-order valence-corrected chi connectivity index (χ1v) is 7.99. The number of aromatic carboxylic acids is 1. The van der Waals surface area contributed by atoms with Gasteiger partial charge in [-0.3, -0.25) is 0 Å². The summed E-state index contributed by atoms with van der Waals surface area (Å²) in [5, 5.41) is 9.56. The molecule has 0 aliphatic rings. The molecule has 0 atom stereocenters. The molecule has 1 aromatic heterocycles. The van der Waals surface area contributed by atoms with Crippen LogP contribution in [0.25, 0.3) is 11.1 Å². The predicted octanol–water partition coefficient (Wildman–Crippen LogP) is 2.05. The van der Waals surface area contributed by atoms with Crippen LogP contribution in [0.5, 0.6) is 17.2 Å². The van der Waals surface area contributed by atoms with Gasteiger partial charge in [0.1, 0.15) is 5.69 Å². The van der Waals surface area contributed by atoms with Gasteiger partial charge < -0.3 is 34.8 Å². The number of ether oxygens (including phenoxy) is 4. The Balaban J connectivity index is 2.83. The zero-order valence-electron chi connectivity index (χ0n) is 15.3. The first-order valence-electron chi connectivity index (χ1n) is 7.99. The molecule has 4 N–H and O–H groups in total. The Labute approximate surface area is 151 Å². The Morgan fingerprint density at radius 1 is 1.12 bits per heavy atom. The minimum absolute atomic E-state index is 0.0714. The van der Waals surface area contributed by atoms with Gasteiger partial charge in [-0.1, -0.05) is 0 Å². The van der Waals surface area contributed by atoms with Crippen molar-refractivity contribution in [1.82, 2.24) is 4.98 Å². The van der Waals surface area contributed by atoms with Crippen molar-refractivity contribution in [3.8, 4) is 28.4 Å². The summed E-state index contributed by atoms with van der Waals surface area (Å²) in [5.74, 6) is 0.308. The number of H-pyrrole nitrogens is 1. The fraction of sp³-hybridized carbons (Fsp3) is 0.389. The smallest absolute Gasteiger partial charge is 0.352 e. The molecule has 0 unspecified atom stereocenters. The summed E-state index contributed by atoms with van der Waals surface area (Å²) in [5.41, 5.74) is 8.36. The van der Waals surface area contributed by atoms with Gasteiger partial charge in [0.05, 0.1) is 27.9 Å². The average Bonchev–Trinajstić information content (AvgIpc) is 2.99. The summed E-state index contributed by atoms with van der Waals surface area (Å²) in [4.78, 5) is 14.6. The van der Waals surface area contributed by atoms with E-state index in [1.165, 1.54) is 28.4 Å². The molecule has 0 aliphatic carbocycles. The Hall–Kier alpha value is -2.71. The maximum atomic E-state index is 11.7. The second-order valence-corrected chi connectivity index (χ2v) is 5.49. The van der Waals surface area contributed by atoms with Crippen molar-refractivity contribution in [2.24, 2.45) is 5.73 Å². The lowest BCUT2D eigenvalue weighted by Crippen LogP contribution is -2.05. The van der Waals surface area contributed by atoms with Crippen LogP contribution >= 0.6 is 0 Å². The van der Waals surface area contributed by atoms with Crippen LogP contribution in [-0.4, -0.2) is 51.0 Å². The van der Waals surface area contributed by atoms with Crippen molar-refractivity contribution < 1.29 is 28.8 Å². The Bertz CT molecular complexity index is 784. The molecule has 0 spiro atoms. The zero-order chi connectivity index (χ0) is 19.3. The third kappa shape index (κ3) is 3.47. The van der Waals surface area contributed by atoms with E-state index in [2.05, 4.69) is 4.98 Å². The van der Waals surface area contributed by atoms with Crippen molar-refractivity contribution in [3.05, 3.63) is 29.1 Å². The average molecular weight is 364 g/mol. The molecular weight excluding hydrogens is 340 g/mol. The number of carboxylic acids is 1. The number of nitrogens with two attached hydrogens (primary N) is 1. The van der Waals surface area contributed by atoms with Crippen LogP contribution in [-0.2, 0) is 17.8 Å². The van der Waals surface area contributed by atoms with E-state index in [1.54, 1.807) is 12.1 Å². The maximum Gasteiger partial charge on any atom is 0.352 e. The van der Waals surface area contributed by atoms with Gasteiger partial charge in [-0.25, -0.2) is 4.79 Å². The van der Waals surface area contributed by atoms with Crippen LogP contribution in [0.15, 0.2) is 12.1 Å². The molecule has 26 heavy (non-hydrogen) atoms. The molecule has 0 saturated carbocycles. The number of aromatic amines is 1. The van der Waals surface area contributed by atoms with Gasteiger partial charge in [-0.2, -0.15) is 0 Å². The summed E-state index contributed by atoms with van der Waals surface area (Å²) in [7, 11) is 6.08. The van der Waals surface area contributed by atoms with E-state index < -0.39 is 5.97 Å². The molecule has 2 aromatic rings. The normalized spacial score (nSPS) is 10.7. The second-order valence-electron chi connectivity index (χ2n) is 5.49. The van der Waals surface area contributed by atoms with Gasteiger partial charge in [0, 0.05) is 35.9 Å². The lowest BCUT2D eigenvalue weighted by atomic mass is 9.97. The molecule has 142 valence electrons.